The molecule has 0 spiro atoms. The van der Waals surface area contributed by atoms with E-state index in [1.807, 2.05) is 30.0 Å². The fraction of sp³-hybridized carbons (Fsp3) is 0.350. The average Bonchev–Trinajstić information content (AvgIpc) is 3.15. The Hall–Kier alpha value is -2.14. The molecule has 0 aliphatic heterocycles. The third kappa shape index (κ3) is 5.16. The second kappa shape index (κ2) is 8.81. The van der Waals surface area contributed by atoms with Crippen molar-refractivity contribution in [3.05, 3.63) is 48.5 Å². The number of carbonyl (C=O) groups is 1. The summed E-state index contributed by atoms with van der Waals surface area (Å²) in [6.07, 6.45) is 5.13. The highest BCUT2D eigenvalue weighted by Gasteiger charge is 2.18. The third-order valence-corrected chi connectivity index (χ3v) is 5.60. The number of amides is 1. The van der Waals surface area contributed by atoms with Crippen molar-refractivity contribution in [2.24, 2.45) is 0 Å². The number of hydrogen-bond donors (Lipinski definition) is 1. The van der Waals surface area contributed by atoms with Gasteiger partial charge in [-0.25, -0.2) is 0 Å². The number of ether oxygens (including phenoxy) is 2. The summed E-state index contributed by atoms with van der Waals surface area (Å²) in [7, 11) is 1.62. The van der Waals surface area contributed by atoms with Gasteiger partial charge in [-0.05, 0) is 49.2 Å². The van der Waals surface area contributed by atoms with Crippen LogP contribution in [0.15, 0.2) is 53.4 Å². The van der Waals surface area contributed by atoms with Crippen molar-refractivity contribution < 1.29 is 14.3 Å². The van der Waals surface area contributed by atoms with Crippen molar-refractivity contribution in [3.63, 3.8) is 0 Å². The van der Waals surface area contributed by atoms with Crippen LogP contribution in [0.25, 0.3) is 0 Å². The lowest BCUT2D eigenvalue weighted by Gasteiger charge is -2.14. The number of thioether (sulfide) groups is 1. The first-order chi connectivity index (χ1) is 12.2. The molecule has 25 heavy (non-hydrogen) atoms. The van der Waals surface area contributed by atoms with Crippen molar-refractivity contribution in [2.45, 2.75) is 35.8 Å². The maximum absolute atomic E-state index is 12.2. The largest absolute Gasteiger partial charge is 0.497 e. The van der Waals surface area contributed by atoms with Crippen LogP contribution < -0.4 is 14.8 Å². The normalized spacial score (nSPS) is 14.3. The van der Waals surface area contributed by atoms with E-state index in [-0.39, 0.29) is 12.5 Å². The fourth-order valence-electron chi connectivity index (χ4n) is 2.87. The molecule has 1 N–H and O–H groups in total. The van der Waals surface area contributed by atoms with Gasteiger partial charge in [-0.3, -0.25) is 4.79 Å². The number of hydrogen-bond acceptors (Lipinski definition) is 4. The van der Waals surface area contributed by atoms with Gasteiger partial charge in [0.15, 0.2) is 6.61 Å². The molecule has 3 rings (SSSR count). The van der Waals surface area contributed by atoms with E-state index in [9.17, 15) is 4.79 Å². The van der Waals surface area contributed by atoms with Crippen LogP contribution >= 0.6 is 11.8 Å². The van der Waals surface area contributed by atoms with Gasteiger partial charge in [0.1, 0.15) is 11.5 Å². The molecule has 1 amide bonds. The van der Waals surface area contributed by atoms with E-state index >= 15 is 0 Å². The Morgan fingerprint density at radius 2 is 1.76 bits per heavy atom. The molecular weight excluding hydrogens is 334 g/mol. The molecule has 132 valence electrons. The highest BCUT2D eigenvalue weighted by atomic mass is 32.2. The van der Waals surface area contributed by atoms with Crippen LogP contribution in [0.5, 0.6) is 11.5 Å². The first kappa shape index (κ1) is 17.7. The Morgan fingerprint density at radius 3 is 2.48 bits per heavy atom. The zero-order valence-corrected chi connectivity index (χ0v) is 15.2. The second-order valence-corrected chi connectivity index (χ2v) is 7.38. The first-order valence-electron chi connectivity index (χ1n) is 8.57. The molecule has 0 bridgehead atoms. The molecule has 1 aliphatic carbocycles. The van der Waals surface area contributed by atoms with Crippen LogP contribution in [-0.2, 0) is 4.79 Å². The van der Waals surface area contributed by atoms with Crippen LogP contribution in [-0.4, -0.2) is 24.9 Å². The van der Waals surface area contributed by atoms with Crippen molar-refractivity contribution in [1.29, 1.82) is 0 Å². The minimum Gasteiger partial charge on any atom is -0.497 e. The van der Waals surface area contributed by atoms with E-state index in [0.717, 1.165) is 16.3 Å². The molecule has 2 aromatic carbocycles. The quantitative estimate of drug-likeness (QED) is 0.777. The maximum atomic E-state index is 12.2. The molecule has 0 radical (unpaired) electrons. The van der Waals surface area contributed by atoms with Crippen LogP contribution in [0.2, 0.25) is 0 Å². The summed E-state index contributed by atoms with van der Waals surface area (Å²) in [5.41, 5.74) is 0.864. The smallest absolute Gasteiger partial charge is 0.262 e. The lowest BCUT2D eigenvalue weighted by Crippen LogP contribution is -2.20. The highest BCUT2D eigenvalue weighted by Crippen LogP contribution is 2.37. The van der Waals surface area contributed by atoms with Gasteiger partial charge < -0.3 is 14.8 Å². The van der Waals surface area contributed by atoms with Gasteiger partial charge in [0.05, 0.1) is 12.8 Å². The van der Waals surface area contributed by atoms with Crippen molar-refractivity contribution in [1.82, 2.24) is 0 Å². The predicted octanol–water partition coefficient (Wildman–Crippen LogP) is 4.75. The van der Waals surface area contributed by atoms with Gasteiger partial charge in [0.2, 0.25) is 0 Å². The lowest BCUT2D eigenvalue weighted by molar-refractivity contribution is -0.118. The maximum Gasteiger partial charge on any atom is 0.262 e. The topological polar surface area (TPSA) is 47.6 Å². The fourth-order valence-corrected chi connectivity index (χ4v) is 4.20. The van der Waals surface area contributed by atoms with Crippen molar-refractivity contribution >= 4 is 23.4 Å². The van der Waals surface area contributed by atoms with Crippen LogP contribution in [0.3, 0.4) is 0 Å². The van der Waals surface area contributed by atoms with Gasteiger partial charge in [-0.15, -0.1) is 11.8 Å². The minimum absolute atomic E-state index is 0.0191. The number of benzene rings is 2. The van der Waals surface area contributed by atoms with E-state index in [0.29, 0.717) is 11.0 Å². The summed E-state index contributed by atoms with van der Waals surface area (Å²) in [5, 5.41) is 3.63. The summed E-state index contributed by atoms with van der Waals surface area (Å²) in [5.74, 6) is 1.24. The molecule has 1 saturated carbocycles. The van der Waals surface area contributed by atoms with E-state index in [1.54, 1.807) is 31.4 Å². The Labute approximate surface area is 152 Å². The monoisotopic (exact) mass is 357 g/mol. The third-order valence-electron chi connectivity index (χ3n) is 4.19. The molecule has 1 fully saturated rings. The molecule has 0 aromatic heterocycles. The van der Waals surface area contributed by atoms with Gasteiger partial charge in [-0.1, -0.05) is 25.0 Å². The Morgan fingerprint density at radius 1 is 1.08 bits per heavy atom. The van der Waals surface area contributed by atoms with E-state index in [4.69, 9.17) is 9.47 Å². The molecule has 1 aliphatic rings. The number of methoxy groups -OCH3 is 1. The van der Waals surface area contributed by atoms with Crippen LogP contribution in [0.4, 0.5) is 5.69 Å². The Kier molecular flexibility index (Phi) is 6.23. The van der Waals surface area contributed by atoms with Gasteiger partial charge in [0, 0.05) is 10.1 Å². The van der Waals surface area contributed by atoms with Crippen LogP contribution in [0, 0.1) is 0 Å². The number of nitrogens with one attached hydrogen (secondary N) is 1. The van der Waals surface area contributed by atoms with E-state index in [1.165, 1.54) is 25.7 Å². The lowest BCUT2D eigenvalue weighted by atomic mass is 10.3. The average molecular weight is 357 g/mol. The summed E-state index contributed by atoms with van der Waals surface area (Å²) >= 11 is 1.87. The van der Waals surface area contributed by atoms with Crippen molar-refractivity contribution in [3.8, 4) is 11.5 Å². The minimum atomic E-state index is -0.157. The highest BCUT2D eigenvalue weighted by molar-refractivity contribution is 8.00. The second-order valence-electron chi connectivity index (χ2n) is 6.03. The number of carbonyl (C=O) groups excluding carboxylic acids is 1. The summed E-state index contributed by atoms with van der Waals surface area (Å²) < 4.78 is 10.6. The van der Waals surface area contributed by atoms with Crippen molar-refractivity contribution in [2.75, 3.05) is 19.0 Å². The molecule has 0 atom stereocenters. The van der Waals surface area contributed by atoms with Crippen LogP contribution in [0.1, 0.15) is 25.7 Å². The molecule has 5 heteroatoms. The Balaban J connectivity index is 1.55. The molecule has 2 aromatic rings. The first-order valence-corrected chi connectivity index (χ1v) is 9.45. The zero-order chi connectivity index (χ0) is 17.5. The SMILES string of the molecule is COc1ccc(OCC(=O)Nc2ccccc2SC2CCCC2)cc1. The molecule has 0 heterocycles. The summed E-state index contributed by atoms with van der Waals surface area (Å²) in [4.78, 5) is 13.4. The van der Waals surface area contributed by atoms with Gasteiger partial charge >= 0.3 is 0 Å². The van der Waals surface area contributed by atoms with E-state index in [2.05, 4.69) is 11.4 Å². The predicted molar refractivity (Wildman–Crippen MR) is 102 cm³/mol. The Bertz CT molecular complexity index is 696. The zero-order valence-electron chi connectivity index (χ0n) is 14.4. The standard InChI is InChI=1S/C20H23NO3S/c1-23-15-10-12-16(13-11-15)24-14-20(22)21-18-8-4-5-9-19(18)25-17-6-2-3-7-17/h4-5,8-13,17H,2-3,6-7,14H2,1H3,(H,21,22). The molecule has 0 unspecified atom stereocenters. The number of para-hydroxylation sites is 1. The molecular formula is C20H23NO3S. The van der Waals surface area contributed by atoms with E-state index < -0.39 is 0 Å². The van der Waals surface area contributed by atoms with Gasteiger partial charge in [-0.2, -0.15) is 0 Å². The number of rotatable bonds is 7. The number of anilines is 1. The van der Waals surface area contributed by atoms with Gasteiger partial charge in [0.25, 0.3) is 5.91 Å². The molecule has 0 saturated heterocycles. The summed E-state index contributed by atoms with van der Waals surface area (Å²) in [6.45, 7) is -0.0191. The summed E-state index contributed by atoms with van der Waals surface area (Å²) in [6, 6.07) is 15.2. The molecule has 4 nitrogen and oxygen atoms in total.